The van der Waals surface area contributed by atoms with Crippen LogP contribution in [0.25, 0.3) is 0 Å². The molecule has 0 fully saturated rings. The van der Waals surface area contributed by atoms with Crippen molar-refractivity contribution in [3.8, 4) is 0 Å². The van der Waals surface area contributed by atoms with Crippen molar-refractivity contribution in [2.45, 2.75) is 46.5 Å². The molecule has 1 N–H and O–H groups in total. The molecular formula is C16H35N3O2. The molecule has 0 aliphatic carbocycles. The Bertz CT molecular complexity index is 248. The lowest BCUT2D eigenvalue weighted by Gasteiger charge is -2.21. The van der Waals surface area contributed by atoms with Crippen LogP contribution in [0.5, 0.6) is 0 Å². The average molecular weight is 301 g/mol. The first kappa shape index (κ1) is 20.2. The van der Waals surface area contributed by atoms with Crippen molar-refractivity contribution in [2.75, 3.05) is 53.1 Å². The van der Waals surface area contributed by atoms with E-state index in [2.05, 4.69) is 43.0 Å². The Kier molecular flexibility index (Phi) is 15.0. The van der Waals surface area contributed by atoms with E-state index >= 15 is 0 Å². The van der Waals surface area contributed by atoms with Crippen LogP contribution in [0.3, 0.4) is 0 Å². The summed E-state index contributed by atoms with van der Waals surface area (Å²) >= 11 is 0. The van der Waals surface area contributed by atoms with Crippen LogP contribution in [0.4, 0.5) is 0 Å². The lowest BCUT2D eigenvalue weighted by atomic mass is 10.3. The van der Waals surface area contributed by atoms with Crippen molar-refractivity contribution in [1.29, 1.82) is 0 Å². The quantitative estimate of drug-likeness (QED) is 0.322. The first-order valence-corrected chi connectivity index (χ1v) is 8.41. The molecule has 5 heteroatoms. The van der Waals surface area contributed by atoms with Crippen molar-refractivity contribution < 1.29 is 9.47 Å². The summed E-state index contributed by atoms with van der Waals surface area (Å²) in [5, 5.41) is 3.31. The molecule has 5 nitrogen and oxygen atoms in total. The number of hydrogen-bond donors (Lipinski definition) is 1. The Morgan fingerprint density at radius 1 is 0.952 bits per heavy atom. The normalized spacial score (nSPS) is 11.7. The summed E-state index contributed by atoms with van der Waals surface area (Å²) in [5.41, 5.74) is 0. The second-order valence-corrected chi connectivity index (χ2v) is 5.09. The van der Waals surface area contributed by atoms with Crippen LogP contribution in [0.1, 0.15) is 46.5 Å². The third kappa shape index (κ3) is 12.6. The summed E-state index contributed by atoms with van der Waals surface area (Å²) in [7, 11) is 2.08. The molecule has 0 heterocycles. The highest BCUT2D eigenvalue weighted by Crippen LogP contribution is 1.93. The van der Waals surface area contributed by atoms with Gasteiger partial charge < -0.3 is 19.7 Å². The highest BCUT2D eigenvalue weighted by Gasteiger charge is 2.03. The Morgan fingerprint density at radius 3 is 2.24 bits per heavy atom. The minimum atomic E-state index is 0.646. The van der Waals surface area contributed by atoms with Crippen LogP contribution >= 0.6 is 0 Å². The minimum absolute atomic E-state index is 0.646. The largest absolute Gasteiger partial charge is 0.379 e. The Morgan fingerprint density at radius 2 is 1.62 bits per heavy atom. The van der Waals surface area contributed by atoms with Gasteiger partial charge in [0.05, 0.1) is 26.4 Å². The smallest absolute Gasteiger partial charge is 0.193 e. The molecule has 0 aromatic heterocycles. The van der Waals surface area contributed by atoms with Gasteiger partial charge in [0.15, 0.2) is 5.96 Å². The van der Waals surface area contributed by atoms with E-state index in [1.54, 1.807) is 0 Å². The summed E-state index contributed by atoms with van der Waals surface area (Å²) in [6, 6.07) is 0. The van der Waals surface area contributed by atoms with Gasteiger partial charge in [-0.15, -0.1) is 0 Å². The summed E-state index contributed by atoms with van der Waals surface area (Å²) < 4.78 is 11.0. The molecule has 0 aromatic rings. The minimum Gasteiger partial charge on any atom is -0.379 e. The second kappa shape index (κ2) is 15.6. The van der Waals surface area contributed by atoms with Crippen LogP contribution < -0.4 is 5.32 Å². The van der Waals surface area contributed by atoms with Crippen molar-refractivity contribution in [3.63, 3.8) is 0 Å². The van der Waals surface area contributed by atoms with Gasteiger partial charge in [0, 0.05) is 26.7 Å². The van der Waals surface area contributed by atoms with Crippen LogP contribution in [-0.4, -0.2) is 64.0 Å². The zero-order chi connectivity index (χ0) is 15.8. The number of ether oxygens (including phenoxy) is 2. The van der Waals surface area contributed by atoms with E-state index in [0.29, 0.717) is 26.4 Å². The number of nitrogens with one attached hydrogen (secondary N) is 1. The maximum Gasteiger partial charge on any atom is 0.193 e. The molecule has 0 aliphatic heterocycles. The Hall–Kier alpha value is -0.810. The van der Waals surface area contributed by atoms with Gasteiger partial charge in [0.25, 0.3) is 0 Å². The Labute approximate surface area is 131 Å². The lowest BCUT2D eigenvalue weighted by Crippen LogP contribution is -2.39. The molecule has 0 radical (unpaired) electrons. The van der Waals surface area contributed by atoms with Gasteiger partial charge in [-0.05, 0) is 19.8 Å². The molecule has 0 saturated heterocycles. The first-order valence-electron chi connectivity index (χ1n) is 8.41. The number of guanidine groups is 1. The third-order valence-corrected chi connectivity index (χ3v) is 3.05. The summed E-state index contributed by atoms with van der Waals surface area (Å²) in [6.07, 6.45) is 4.69. The molecule has 0 bridgehead atoms. The third-order valence-electron chi connectivity index (χ3n) is 3.05. The lowest BCUT2D eigenvalue weighted by molar-refractivity contribution is 0.0497. The number of hydrogen-bond acceptors (Lipinski definition) is 3. The number of unbranched alkanes of at least 4 members (excludes halogenated alkanes) is 2. The molecule has 0 amide bonds. The fourth-order valence-corrected chi connectivity index (χ4v) is 1.76. The van der Waals surface area contributed by atoms with E-state index in [0.717, 1.165) is 32.1 Å². The maximum atomic E-state index is 5.52. The van der Waals surface area contributed by atoms with Crippen molar-refractivity contribution in [3.05, 3.63) is 0 Å². The van der Waals surface area contributed by atoms with Crippen molar-refractivity contribution >= 4 is 5.96 Å². The number of rotatable bonds is 13. The van der Waals surface area contributed by atoms with Crippen molar-refractivity contribution in [1.82, 2.24) is 10.2 Å². The molecule has 0 aliphatic rings. The van der Waals surface area contributed by atoms with Crippen LogP contribution in [0.15, 0.2) is 4.99 Å². The van der Waals surface area contributed by atoms with Gasteiger partial charge in [-0.1, -0.05) is 26.7 Å². The molecule has 126 valence electrons. The summed E-state index contributed by atoms with van der Waals surface area (Å²) in [5.74, 6) is 0.966. The Balaban J connectivity index is 3.73. The summed E-state index contributed by atoms with van der Waals surface area (Å²) in [6.45, 7) is 11.9. The average Bonchev–Trinajstić information content (AvgIpc) is 2.49. The molecule has 0 rings (SSSR count). The SMILES string of the molecule is CCCCOCCOCCN=C(NCC)N(C)CCCC. The molecule has 0 aromatic carbocycles. The van der Waals surface area contributed by atoms with Crippen LogP contribution in [-0.2, 0) is 9.47 Å². The second-order valence-electron chi connectivity index (χ2n) is 5.09. The zero-order valence-corrected chi connectivity index (χ0v) is 14.5. The predicted molar refractivity (Wildman–Crippen MR) is 90.1 cm³/mol. The topological polar surface area (TPSA) is 46.1 Å². The highest BCUT2D eigenvalue weighted by molar-refractivity contribution is 5.79. The molecule has 0 unspecified atom stereocenters. The van der Waals surface area contributed by atoms with Crippen molar-refractivity contribution in [2.24, 2.45) is 4.99 Å². The first-order chi connectivity index (χ1) is 10.3. The van der Waals surface area contributed by atoms with E-state index in [1.807, 2.05) is 0 Å². The highest BCUT2D eigenvalue weighted by atomic mass is 16.5. The summed E-state index contributed by atoms with van der Waals surface area (Å²) in [4.78, 5) is 6.76. The maximum absolute atomic E-state index is 5.52. The van der Waals surface area contributed by atoms with E-state index in [4.69, 9.17) is 9.47 Å². The number of aliphatic imine (C=N–C) groups is 1. The van der Waals surface area contributed by atoms with Gasteiger partial charge >= 0.3 is 0 Å². The number of nitrogens with zero attached hydrogens (tertiary/aromatic N) is 2. The van der Waals surface area contributed by atoms with E-state index in [9.17, 15) is 0 Å². The predicted octanol–water partition coefficient (Wildman–Crippen LogP) is 2.52. The van der Waals surface area contributed by atoms with Gasteiger partial charge in [0.2, 0.25) is 0 Å². The van der Waals surface area contributed by atoms with Crippen LogP contribution in [0, 0.1) is 0 Å². The monoisotopic (exact) mass is 301 g/mol. The molecular weight excluding hydrogens is 266 g/mol. The molecule has 0 atom stereocenters. The van der Waals surface area contributed by atoms with E-state index < -0.39 is 0 Å². The fraction of sp³-hybridized carbons (Fsp3) is 0.938. The van der Waals surface area contributed by atoms with Gasteiger partial charge in [-0.25, -0.2) is 0 Å². The standard InChI is InChI=1S/C16H35N3O2/c1-5-8-11-19(4)16(17-7-3)18-10-13-21-15-14-20-12-9-6-2/h5-15H2,1-4H3,(H,17,18). The van der Waals surface area contributed by atoms with Gasteiger partial charge in [-0.3, -0.25) is 4.99 Å². The van der Waals surface area contributed by atoms with E-state index in [1.165, 1.54) is 19.3 Å². The van der Waals surface area contributed by atoms with Gasteiger partial charge in [0.1, 0.15) is 0 Å². The van der Waals surface area contributed by atoms with E-state index in [-0.39, 0.29) is 0 Å². The van der Waals surface area contributed by atoms with Crippen LogP contribution in [0.2, 0.25) is 0 Å². The zero-order valence-electron chi connectivity index (χ0n) is 14.5. The molecule has 21 heavy (non-hydrogen) atoms. The van der Waals surface area contributed by atoms with Gasteiger partial charge in [-0.2, -0.15) is 0 Å². The molecule has 0 spiro atoms. The molecule has 0 saturated carbocycles. The fourth-order valence-electron chi connectivity index (χ4n) is 1.76.